The summed E-state index contributed by atoms with van der Waals surface area (Å²) in [7, 11) is 1.67. The molecule has 0 fully saturated rings. The molecule has 0 bridgehead atoms. The van der Waals surface area contributed by atoms with Crippen molar-refractivity contribution in [2.45, 2.75) is 26.3 Å². The second kappa shape index (κ2) is 7.27. The Morgan fingerprint density at radius 3 is 2.76 bits per heavy atom. The van der Waals surface area contributed by atoms with Gasteiger partial charge < -0.3 is 9.47 Å². The molecular weight excluding hydrogens is 216 g/mol. The lowest BCUT2D eigenvalue weighted by Gasteiger charge is -2.19. The standard InChI is InChI=1S/C13H22N2O2/c1-4-7-17-9-12(15-14)11-6-5-10(2)8-13(11)16-3/h5-6,8,12,15H,4,7,9,14H2,1-3H3. The van der Waals surface area contributed by atoms with Crippen LogP contribution < -0.4 is 16.0 Å². The number of hydrogen-bond acceptors (Lipinski definition) is 4. The maximum absolute atomic E-state index is 5.56. The molecule has 1 atom stereocenters. The van der Waals surface area contributed by atoms with Crippen LogP contribution in [0.4, 0.5) is 0 Å². The fraction of sp³-hybridized carbons (Fsp3) is 0.538. The van der Waals surface area contributed by atoms with Gasteiger partial charge >= 0.3 is 0 Å². The number of nitrogens with one attached hydrogen (secondary N) is 1. The number of methoxy groups -OCH3 is 1. The molecule has 3 N–H and O–H groups in total. The molecule has 1 aromatic carbocycles. The van der Waals surface area contributed by atoms with Gasteiger partial charge in [0.1, 0.15) is 5.75 Å². The highest BCUT2D eigenvalue weighted by atomic mass is 16.5. The summed E-state index contributed by atoms with van der Waals surface area (Å²) in [5.74, 6) is 6.40. The molecule has 17 heavy (non-hydrogen) atoms. The third-order valence-electron chi connectivity index (χ3n) is 2.60. The normalized spacial score (nSPS) is 12.5. The van der Waals surface area contributed by atoms with E-state index in [1.807, 2.05) is 25.1 Å². The summed E-state index contributed by atoms with van der Waals surface area (Å²) in [4.78, 5) is 0. The lowest BCUT2D eigenvalue weighted by molar-refractivity contribution is 0.111. The highest BCUT2D eigenvalue weighted by Gasteiger charge is 2.14. The van der Waals surface area contributed by atoms with Gasteiger partial charge in [-0.1, -0.05) is 19.1 Å². The number of hydrogen-bond donors (Lipinski definition) is 2. The molecule has 96 valence electrons. The quantitative estimate of drug-likeness (QED) is 0.433. The average molecular weight is 238 g/mol. The van der Waals surface area contributed by atoms with Crippen molar-refractivity contribution in [2.75, 3.05) is 20.3 Å². The first-order valence-electron chi connectivity index (χ1n) is 5.91. The summed E-state index contributed by atoms with van der Waals surface area (Å²) in [6.45, 7) is 5.40. The summed E-state index contributed by atoms with van der Waals surface area (Å²) in [5, 5.41) is 0. The molecule has 0 heterocycles. The maximum atomic E-state index is 5.56. The summed E-state index contributed by atoms with van der Waals surface area (Å²) >= 11 is 0. The zero-order valence-corrected chi connectivity index (χ0v) is 10.8. The van der Waals surface area contributed by atoms with E-state index in [1.165, 1.54) is 0 Å². The van der Waals surface area contributed by atoms with Gasteiger partial charge in [0.15, 0.2) is 0 Å². The van der Waals surface area contributed by atoms with Crippen LogP contribution in [0.5, 0.6) is 5.75 Å². The minimum absolute atomic E-state index is 0.0444. The van der Waals surface area contributed by atoms with Crippen LogP contribution in [0, 0.1) is 6.92 Å². The maximum Gasteiger partial charge on any atom is 0.124 e. The first-order chi connectivity index (χ1) is 8.22. The number of benzene rings is 1. The van der Waals surface area contributed by atoms with Gasteiger partial charge in [-0.2, -0.15) is 0 Å². The van der Waals surface area contributed by atoms with E-state index in [1.54, 1.807) is 7.11 Å². The van der Waals surface area contributed by atoms with Crippen molar-refractivity contribution in [2.24, 2.45) is 5.84 Å². The Morgan fingerprint density at radius 1 is 1.41 bits per heavy atom. The highest BCUT2D eigenvalue weighted by molar-refractivity contribution is 5.39. The summed E-state index contributed by atoms with van der Waals surface area (Å²) in [6.07, 6.45) is 1.00. The first-order valence-corrected chi connectivity index (χ1v) is 5.91. The molecule has 0 radical (unpaired) electrons. The Hall–Kier alpha value is -1.10. The van der Waals surface area contributed by atoms with E-state index in [9.17, 15) is 0 Å². The summed E-state index contributed by atoms with van der Waals surface area (Å²) in [6, 6.07) is 6.02. The van der Waals surface area contributed by atoms with E-state index in [0.717, 1.165) is 29.9 Å². The average Bonchev–Trinajstić information content (AvgIpc) is 2.35. The molecule has 1 unspecified atom stereocenters. The minimum atomic E-state index is -0.0444. The molecule has 0 aliphatic carbocycles. The van der Waals surface area contributed by atoms with Gasteiger partial charge in [-0.25, -0.2) is 0 Å². The van der Waals surface area contributed by atoms with Gasteiger partial charge in [0.05, 0.1) is 19.8 Å². The minimum Gasteiger partial charge on any atom is -0.496 e. The molecule has 0 aromatic heterocycles. The number of rotatable bonds is 7. The molecular formula is C13H22N2O2. The topological polar surface area (TPSA) is 56.5 Å². The van der Waals surface area contributed by atoms with E-state index < -0.39 is 0 Å². The number of ether oxygens (including phenoxy) is 2. The summed E-state index contributed by atoms with van der Waals surface area (Å²) in [5.41, 5.74) is 4.95. The van der Waals surface area contributed by atoms with Crippen molar-refractivity contribution in [3.63, 3.8) is 0 Å². The van der Waals surface area contributed by atoms with Crippen LogP contribution in [-0.4, -0.2) is 20.3 Å². The second-order valence-corrected chi connectivity index (χ2v) is 4.04. The molecule has 0 aliphatic rings. The molecule has 4 nitrogen and oxygen atoms in total. The molecule has 1 aromatic rings. The van der Waals surface area contributed by atoms with Gasteiger partial charge in [0.25, 0.3) is 0 Å². The fourth-order valence-electron chi connectivity index (χ4n) is 1.68. The molecule has 0 saturated heterocycles. The summed E-state index contributed by atoms with van der Waals surface area (Å²) < 4.78 is 10.9. The monoisotopic (exact) mass is 238 g/mol. The van der Waals surface area contributed by atoms with E-state index in [2.05, 4.69) is 12.3 Å². The Morgan fingerprint density at radius 2 is 2.18 bits per heavy atom. The first kappa shape index (κ1) is 14.0. The largest absolute Gasteiger partial charge is 0.496 e. The second-order valence-electron chi connectivity index (χ2n) is 4.04. The van der Waals surface area contributed by atoms with Crippen LogP contribution in [0.2, 0.25) is 0 Å². The smallest absolute Gasteiger partial charge is 0.124 e. The molecule has 0 amide bonds. The van der Waals surface area contributed by atoms with Crippen LogP contribution in [0.15, 0.2) is 18.2 Å². The Balaban J connectivity index is 2.79. The van der Waals surface area contributed by atoms with Crippen molar-refractivity contribution >= 4 is 0 Å². The van der Waals surface area contributed by atoms with E-state index in [0.29, 0.717) is 6.61 Å². The van der Waals surface area contributed by atoms with Gasteiger partial charge in [-0.05, 0) is 25.0 Å². The third-order valence-corrected chi connectivity index (χ3v) is 2.60. The van der Waals surface area contributed by atoms with Crippen molar-refractivity contribution in [3.8, 4) is 5.75 Å². The van der Waals surface area contributed by atoms with E-state index >= 15 is 0 Å². The SMILES string of the molecule is CCCOCC(NN)c1ccc(C)cc1OC. The van der Waals surface area contributed by atoms with E-state index in [-0.39, 0.29) is 6.04 Å². The zero-order chi connectivity index (χ0) is 12.7. The molecule has 0 spiro atoms. The predicted molar refractivity (Wildman–Crippen MR) is 68.9 cm³/mol. The Kier molecular flexibility index (Phi) is 5.97. The molecule has 0 saturated carbocycles. The van der Waals surface area contributed by atoms with Crippen LogP contribution in [0.3, 0.4) is 0 Å². The number of hydrazine groups is 1. The Bertz CT molecular complexity index is 342. The van der Waals surface area contributed by atoms with Gasteiger partial charge in [0.2, 0.25) is 0 Å². The van der Waals surface area contributed by atoms with Crippen molar-refractivity contribution in [3.05, 3.63) is 29.3 Å². The molecule has 4 heteroatoms. The van der Waals surface area contributed by atoms with Gasteiger partial charge in [-0.3, -0.25) is 11.3 Å². The van der Waals surface area contributed by atoms with Crippen LogP contribution in [-0.2, 0) is 4.74 Å². The third kappa shape index (κ3) is 4.00. The van der Waals surface area contributed by atoms with Crippen molar-refractivity contribution in [1.82, 2.24) is 5.43 Å². The lowest BCUT2D eigenvalue weighted by atomic mass is 10.0. The Labute approximate surface area is 103 Å². The number of nitrogens with two attached hydrogens (primary N) is 1. The van der Waals surface area contributed by atoms with E-state index in [4.69, 9.17) is 15.3 Å². The van der Waals surface area contributed by atoms with Crippen LogP contribution >= 0.6 is 0 Å². The van der Waals surface area contributed by atoms with Gasteiger partial charge in [-0.15, -0.1) is 0 Å². The number of aryl methyl sites for hydroxylation is 1. The lowest BCUT2D eigenvalue weighted by Crippen LogP contribution is -2.31. The van der Waals surface area contributed by atoms with Crippen LogP contribution in [0.25, 0.3) is 0 Å². The molecule has 0 aliphatic heterocycles. The van der Waals surface area contributed by atoms with Crippen molar-refractivity contribution < 1.29 is 9.47 Å². The highest BCUT2D eigenvalue weighted by Crippen LogP contribution is 2.26. The van der Waals surface area contributed by atoms with Crippen molar-refractivity contribution in [1.29, 1.82) is 0 Å². The molecule has 1 rings (SSSR count). The predicted octanol–water partition coefficient (Wildman–Crippen LogP) is 1.93. The zero-order valence-electron chi connectivity index (χ0n) is 10.8. The van der Waals surface area contributed by atoms with Crippen LogP contribution in [0.1, 0.15) is 30.5 Å². The fourth-order valence-corrected chi connectivity index (χ4v) is 1.68. The van der Waals surface area contributed by atoms with Gasteiger partial charge in [0, 0.05) is 12.2 Å².